The third-order valence-corrected chi connectivity index (χ3v) is 3.91. The van der Waals surface area contributed by atoms with Gasteiger partial charge in [-0.15, -0.1) is 0 Å². The number of halogens is 3. The van der Waals surface area contributed by atoms with Gasteiger partial charge < -0.3 is 0 Å². The molecule has 0 bridgehead atoms. The van der Waals surface area contributed by atoms with Crippen molar-refractivity contribution < 1.29 is 13.2 Å². The summed E-state index contributed by atoms with van der Waals surface area (Å²) >= 11 is 0. The maximum atomic E-state index is 13.5. The Kier molecular flexibility index (Phi) is 4.38. The quantitative estimate of drug-likeness (QED) is 0.527. The fourth-order valence-corrected chi connectivity index (χ4v) is 2.79. The normalized spacial score (nSPS) is 13.9. The van der Waals surface area contributed by atoms with Crippen molar-refractivity contribution in [1.29, 1.82) is 0 Å². The lowest BCUT2D eigenvalue weighted by molar-refractivity contribution is -0.0584. The van der Waals surface area contributed by atoms with Gasteiger partial charge in [0, 0.05) is 5.56 Å². The lowest BCUT2D eigenvalue weighted by Gasteiger charge is -2.16. The highest BCUT2D eigenvalue weighted by Crippen LogP contribution is 2.30. The number of rotatable bonds is 3. The molecule has 122 valence electrons. The van der Waals surface area contributed by atoms with Gasteiger partial charge in [0.25, 0.3) is 0 Å². The van der Waals surface area contributed by atoms with Crippen LogP contribution in [0.3, 0.4) is 0 Å². The largest absolute Gasteiger partial charge is 0.433 e. The number of nitrogens with zero attached hydrogens (tertiary/aromatic N) is 1. The standard InChI is InChI=1S/C20H16F3N/c1-14(17-13-7-11-15-8-5-6-12-18(15)17)24-19(20(21,22)23)16-9-3-2-4-10-16/h2-14H,1H3/b24-19+. The van der Waals surface area contributed by atoms with E-state index < -0.39 is 17.9 Å². The zero-order chi connectivity index (χ0) is 17.2. The maximum absolute atomic E-state index is 13.5. The second-order valence-electron chi connectivity index (χ2n) is 5.59. The molecule has 0 aromatic heterocycles. The molecule has 0 saturated carbocycles. The van der Waals surface area contributed by atoms with E-state index >= 15 is 0 Å². The summed E-state index contributed by atoms with van der Waals surface area (Å²) in [6.45, 7) is 1.69. The molecule has 1 unspecified atom stereocenters. The van der Waals surface area contributed by atoms with Crippen LogP contribution in [0.2, 0.25) is 0 Å². The number of fused-ring (bicyclic) bond motifs is 1. The monoisotopic (exact) mass is 327 g/mol. The average Bonchev–Trinajstić information content (AvgIpc) is 2.58. The Morgan fingerprint density at radius 1 is 0.833 bits per heavy atom. The zero-order valence-electron chi connectivity index (χ0n) is 13.1. The third-order valence-electron chi connectivity index (χ3n) is 3.91. The number of alkyl halides is 3. The summed E-state index contributed by atoms with van der Waals surface area (Å²) in [4.78, 5) is 4.03. The smallest absolute Gasteiger partial charge is 0.272 e. The third kappa shape index (κ3) is 3.32. The topological polar surface area (TPSA) is 12.4 Å². The van der Waals surface area contributed by atoms with Crippen LogP contribution in [0.4, 0.5) is 13.2 Å². The second kappa shape index (κ2) is 6.48. The van der Waals surface area contributed by atoms with Crippen molar-refractivity contribution >= 4 is 16.5 Å². The van der Waals surface area contributed by atoms with Gasteiger partial charge >= 0.3 is 6.18 Å². The molecule has 0 aliphatic heterocycles. The maximum Gasteiger partial charge on any atom is 0.433 e. The molecule has 3 aromatic carbocycles. The first-order valence-corrected chi connectivity index (χ1v) is 7.65. The van der Waals surface area contributed by atoms with Gasteiger partial charge in [0.05, 0.1) is 6.04 Å². The van der Waals surface area contributed by atoms with Crippen LogP contribution in [0.5, 0.6) is 0 Å². The Balaban J connectivity index is 2.10. The van der Waals surface area contributed by atoms with Crippen molar-refractivity contribution in [1.82, 2.24) is 0 Å². The fraction of sp³-hybridized carbons (Fsp3) is 0.150. The molecule has 0 amide bonds. The van der Waals surface area contributed by atoms with E-state index in [4.69, 9.17) is 0 Å². The lowest BCUT2D eigenvalue weighted by Crippen LogP contribution is -2.24. The van der Waals surface area contributed by atoms with Crippen molar-refractivity contribution in [3.8, 4) is 0 Å². The molecule has 0 aliphatic carbocycles. The van der Waals surface area contributed by atoms with E-state index in [1.54, 1.807) is 25.1 Å². The molecular weight excluding hydrogens is 311 g/mol. The Morgan fingerprint density at radius 3 is 2.17 bits per heavy atom. The van der Waals surface area contributed by atoms with E-state index in [2.05, 4.69) is 4.99 Å². The minimum absolute atomic E-state index is 0.0806. The first-order valence-electron chi connectivity index (χ1n) is 7.65. The van der Waals surface area contributed by atoms with E-state index in [1.165, 1.54) is 12.1 Å². The first kappa shape index (κ1) is 16.2. The molecule has 1 atom stereocenters. The van der Waals surface area contributed by atoms with Crippen molar-refractivity contribution in [3.63, 3.8) is 0 Å². The Morgan fingerprint density at radius 2 is 1.46 bits per heavy atom. The van der Waals surface area contributed by atoms with Gasteiger partial charge in [-0.1, -0.05) is 72.8 Å². The molecule has 0 radical (unpaired) electrons. The molecule has 3 aromatic rings. The molecule has 0 aliphatic rings. The van der Waals surface area contributed by atoms with E-state index in [1.807, 2.05) is 42.5 Å². The van der Waals surface area contributed by atoms with E-state index in [0.29, 0.717) is 0 Å². The number of aliphatic imine (C=N–C) groups is 1. The Hall–Kier alpha value is -2.62. The van der Waals surface area contributed by atoms with E-state index in [0.717, 1.165) is 16.3 Å². The highest BCUT2D eigenvalue weighted by Gasteiger charge is 2.37. The Labute approximate surface area is 138 Å². The predicted octanol–water partition coefficient (Wildman–Crippen LogP) is 5.95. The summed E-state index contributed by atoms with van der Waals surface area (Å²) in [6, 6.07) is 20.4. The molecule has 4 heteroatoms. The molecule has 1 nitrogen and oxygen atoms in total. The number of benzene rings is 3. The zero-order valence-corrected chi connectivity index (χ0v) is 13.1. The number of hydrogen-bond donors (Lipinski definition) is 0. The average molecular weight is 327 g/mol. The van der Waals surface area contributed by atoms with Crippen LogP contribution in [0.25, 0.3) is 10.8 Å². The lowest BCUT2D eigenvalue weighted by atomic mass is 9.99. The summed E-state index contributed by atoms with van der Waals surface area (Å²) in [5.41, 5.74) is 0.0198. The van der Waals surface area contributed by atoms with Gasteiger partial charge in [-0.05, 0) is 23.3 Å². The van der Waals surface area contributed by atoms with Crippen LogP contribution < -0.4 is 0 Å². The molecule has 3 rings (SSSR count). The van der Waals surface area contributed by atoms with Crippen LogP contribution >= 0.6 is 0 Å². The van der Waals surface area contributed by atoms with Gasteiger partial charge in [-0.2, -0.15) is 13.2 Å². The fourth-order valence-electron chi connectivity index (χ4n) is 2.79. The minimum Gasteiger partial charge on any atom is -0.272 e. The van der Waals surface area contributed by atoms with Crippen molar-refractivity contribution in [2.75, 3.05) is 0 Å². The van der Waals surface area contributed by atoms with Crippen LogP contribution in [-0.4, -0.2) is 11.9 Å². The highest BCUT2D eigenvalue weighted by molar-refractivity contribution is 6.04. The molecule has 0 saturated heterocycles. The van der Waals surface area contributed by atoms with Crippen LogP contribution in [0, 0.1) is 0 Å². The highest BCUT2D eigenvalue weighted by atomic mass is 19.4. The van der Waals surface area contributed by atoms with Crippen LogP contribution in [0.1, 0.15) is 24.1 Å². The molecule has 24 heavy (non-hydrogen) atoms. The number of hydrogen-bond acceptors (Lipinski definition) is 1. The van der Waals surface area contributed by atoms with Crippen LogP contribution in [0.15, 0.2) is 77.8 Å². The van der Waals surface area contributed by atoms with Gasteiger partial charge in [0.15, 0.2) is 0 Å². The summed E-state index contributed by atoms with van der Waals surface area (Å²) in [5, 5.41) is 1.91. The summed E-state index contributed by atoms with van der Waals surface area (Å²) < 4.78 is 40.4. The second-order valence-corrected chi connectivity index (χ2v) is 5.59. The van der Waals surface area contributed by atoms with Gasteiger partial charge in [-0.3, -0.25) is 4.99 Å². The predicted molar refractivity (Wildman–Crippen MR) is 91.4 cm³/mol. The van der Waals surface area contributed by atoms with Gasteiger partial charge in [0.2, 0.25) is 0 Å². The molecule has 0 spiro atoms. The minimum atomic E-state index is -4.50. The van der Waals surface area contributed by atoms with Crippen molar-refractivity contribution in [3.05, 3.63) is 83.9 Å². The van der Waals surface area contributed by atoms with Crippen molar-refractivity contribution in [2.24, 2.45) is 4.99 Å². The summed E-state index contributed by atoms with van der Waals surface area (Å²) in [5.74, 6) is 0. The molecule has 0 N–H and O–H groups in total. The van der Waals surface area contributed by atoms with Crippen molar-refractivity contribution in [2.45, 2.75) is 19.1 Å². The summed E-state index contributed by atoms with van der Waals surface area (Å²) in [7, 11) is 0. The molecule has 0 fully saturated rings. The van der Waals surface area contributed by atoms with Gasteiger partial charge in [-0.25, -0.2) is 0 Å². The first-order chi connectivity index (χ1) is 11.5. The SMILES string of the molecule is CC(/N=C(\c1ccccc1)C(F)(F)F)c1cccc2ccccc12. The van der Waals surface area contributed by atoms with E-state index in [9.17, 15) is 13.2 Å². The molecule has 0 heterocycles. The van der Waals surface area contributed by atoms with Gasteiger partial charge in [0.1, 0.15) is 5.71 Å². The van der Waals surface area contributed by atoms with E-state index in [-0.39, 0.29) is 5.56 Å². The summed E-state index contributed by atoms with van der Waals surface area (Å²) in [6.07, 6.45) is -4.50. The van der Waals surface area contributed by atoms with Crippen LogP contribution in [-0.2, 0) is 0 Å². The Bertz CT molecular complexity index is 861. The molecular formula is C20H16F3N.